The molecular formula is C20H27NO3. The van der Waals surface area contributed by atoms with Gasteiger partial charge in [0.25, 0.3) is 0 Å². The fraction of sp³-hybridized carbons (Fsp3) is 0.550. The van der Waals surface area contributed by atoms with Gasteiger partial charge in [0.2, 0.25) is 11.8 Å². The summed E-state index contributed by atoms with van der Waals surface area (Å²) in [4.78, 5) is 37.6. The van der Waals surface area contributed by atoms with Crippen LogP contribution >= 0.6 is 0 Å². The van der Waals surface area contributed by atoms with Crippen molar-refractivity contribution in [3.8, 4) is 0 Å². The number of nitrogens with zero attached hydrogens (tertiary/aromatic N) is 1. The van der Waals surface area contributed by atoms with Crippen molar-refractivity contribution in [1.82, 2.24) is 0 Å². The second kappa shape index (κ2) is 9.36. The molecule has 1 unspecified atom stereocenters. The van der Waals surface area contributed by atoms with Crippen molar-refractivity contribution in [2.45, 2.75) is 58.3 Å². The number of aldehydes is 1. The van der Waals surface area contributed by atoms with Gasteiger partial charge in [-0.1, -0.05) is 63.6 Å². The van der Waals surface area contributed by atoms with E-state index in [1.54, 1.807) is 24.3 Å². The maximum Gasteiger partial charge on any atom is 0.238 e. The van der Waals surface area contributed by atoms with Crippen LogP contribution in [0.15, 0.2) is 30.3 Å². The summed E-state index contributed by atoms with van der Waals surface area (Å²) >= 11 is 0. The Morgan fingerprint density at radius 2 is 1.75 bits per heavy atom. The fourth-order valence-corrected chi connectivity index (χ4v) is 3.36. The minimum Gasteiger partial charge on any atom is -0.303 e. The van der Waals surface area contributed by atoms with E-state index in [0.717, 1.165) is 19.1 Å². The first-order valence-electron chi connectivity index (χ1n) is 9.06. The van der Waals surface area contributed by atoms with E-state index in [-0.39, 0.29) is 24.2 Å². The number of unbranched alkanes of at least 4 members (excludes halogenated alkanes) is 5. The molecule has 0 bridgehead atoms. The number of hydrogen-bond donors (Lipinski definition) is 0. The van der Waals surface area contributed by atoms with E-state index >= 15 is 0 Å². The summed E-state index contributed by atoms with van der Waals surface area (Å²) in [6.45, 7) is 2.18. The van der Waals surface area contributed by atoms with Gasteiger partial charge in [-0.2, -0.15) is 0 Å². The third-order valence-corrected chi connectivity index (χ3v) is 4.78. The van der Waals surface area contributed by atoms with Crippen LogP contribution in [0.25, 0.3) is 0 Å². The number of carbonyl (C=O) groups excluding carboxylic acids is 3. The fourth-order valence-electron chi connectivity index (χ4n) is 3.36. The summed E-state index contributed by atoms with van der Waals surface area (Å²) in [5.41, 5.74) is 0.596. The molecule has 0 spiro atoms. The van der Waals surface area contributed by atoms with Crippen LogP contribution in [0.4, 0.5) is 5.69 Å². The molecule has 0 N–H and O–H groups in total. The molecule has 1 aromatic carbocycles. The summed E-state index contributed by atoms with van der Waals surface area (Å²) < 4.78 is 0. The van der Waals surface area contributed by atoms with Crippen molar-refractivity contribution in [2.75, 3.05) is 4.90 Å². The first-order chi connectivity index (χ1) is 11.7. The molecule has 1 aromatic rings. The summed E-state index contributed by atoms with van der Waals surface area (Å²) in [5.74, 6) is -1.27. The smallest absolute Gasteiger partial charge is 0.238 e. The van der Waals surface area contributed by atoms with E-state index in [0.29, 0.717) is 12.1 Å². The number of carbonyl (C=O) groups is 3. The van der Waals surface area contributed by atoms with Crippen LogP contribution in [0.2, 0.25) is 0 Å². The molecule has 0 aromatic heterocycles. The third-order valence-electron chi connectivity index (χ3n) is 4.78. The summed E-state index contributed by atoms with van der Waals surface area (Å²) in [7, 11) is 0. The van der Waals surface area contributed by atoms with Crippen molar-refractivity contribution < 1.29 is 14.4 Å². The van der Waals surface area contributed by atoms with E-state index in [1.807, 2.05) is 6.07 Å². The zero-order chi connectivity index (χ0) is 17.4. The topological polar surface area (TPSA) is 54.5 Å². The Morgan fingerprint density at radius 3 is 2.42 bits per heavy atom. The van der Waals surface area contributed by atoms with Crippen molar-refractivity contribution in [3.05, 3.63) is 30.3 Å². The molecule has 2 amide bonds. The predicted octanol–water partition coefficient (Wildman–Crippen LogP) is 4.13. The van der Waals surface area contributed by atoms with Crippen molar-refractivity contribution in [2.24, 2.45) is 11.8 Å². The number of amides is 2. The molecule has 1 aliphatic heterocycles. The molecule has 0 aliphatic carbocycles. The molecule has 130 valence electrons. The molecule has 2 rings (SSSR count). The molecule has 1 fully saturated rings. The Labute approximate surface area is 144 Å². The Morgan fingerprint density at radius 1 is 1.08 bits per heavy atom. The maximum absolute atomic E-state index is 12.6. The lowest BCUT2D eigenvalue weighted by atomic mass is 9.87. The lowest BCUT2D eigenvalue weighted by molar-refractivity contribution is -0.125. The normalized spacial score (nSPS) is 18.9. The van der Waals surface area contributed by atoms with Crippen LogP contribution in [-0.2, 0) is 14.4 Å². The van der Waals surface area contributed by atoms with E-state index in [1.165, 1.54) is 30.6 Å². The van der Waals surface area contributed by atoms with Gasteiger partial charge in [0.15, 0.2) is 0 Å². The van der Waals surface area contributed by atoms with E-state index in [9.17, 15) is 14.4 Å². The average Bonchev–Trinajstić information content (AvgIpc) is 2.89. The lowest BCUT2D eigenvalue weighted by Gasteiger charge is -2.18. The minimum absolute atomic E-state index is 0.146. The number of hydrogen-bond acceptors (Lipinski definition) is 3. The quantitative estimate of drug-likeness (QED) is 0.368. The van der Waals surface area contributed by atoms with Crippen LogP contribution in [-0.4, -0.2) is 18.1 Å². The van der Waals surface area contributed by atoms with Gasteiger partial charge in [-0.25, -0.2) is 0 Å². The van der Waals surface area contributed by atoms with Gasteiger partial charge in [-0.3, -0.25) is 14.5 Å². The van der Waals surface area contributed by atoms with E-state index in [4.69, 9.17) is 0 Å². The molecule has 1 aliphatic rings. The van der Waals surface area contributed by atoms with E-state index in [2.05, 4.69) is 6.92 Å². The van der Waals surface area contributed by atoms with Gasteiger partial charge in [-0.15, -0.1) is 0 Å². The lowest BCUT2D eigenvalue weighted by Crippen LogP contribution is -2.32. The minimum atomic E-state index is -0.495. The number of para-hydroxylation sites is 1. The Balaban J connectivity index is 1.91. The van der Waals surface area contributed by atoms with Crippen molar-refractivity contribution in [3.63, 3.8) is 0 Å². The highest BCUT2D eigenvalue weighted by molar-refractivity contribution is 6.21. The molecule has 0 saturated carbocycles. The zero-order valence-corrected chi connectivity index (χ0v) is 14.4. The Bertz CT molecular complexity index is 555. The van der Waals surface area contributed by atoms with Gasteiger partial charge < -0.3 is 4.79 Å². The first-order valence-corrected chi connectivity index (χ1v) is 9.06. The second-order valence-electron chi connectivity index (χ2n) is 6.57. The highest BCUT2D eigenvalue weighted by Crippen LogP contribution is 2.32. The maximum atomic E-state index is 12.6. The second-order valence-corrected chi connectivity index (χ2v) is 6.57. The number of imide groups is 1. The largest absolute Gasteiger partial charge is 0.303 e. The number of benzene rings is 1. The van der Waals surface area contributed by atoms with Crippen LogP contribution in [0.5, 0.6) is 0 Å². The van der Waals surface area contributed by atoms with Crippen molar-refractivity contribution >= 4 is 23.8 Å². The Kier molecular flexibility index (Phi) is 7.16. The SMILES string of the molecule is CCCCCCCCC(C=O)[C@H]1CC(=O)N(c2ccccc2)C1=O. The summed E-state index contributed by atoms with van der Waals surface area (Å²) in [6, 6.07) is 8.95. The molecule has 2 atom stereocenters. The summed E-state index contributed by atoms with van der Waals surface area (Å²) in [6.07, 6.45) is 8.60. The Hall–Kier alpha value is -1.97. The number of rotatable bonds is 10. The van der Waals surface area contributed by atoms with Crippen LogP contribution in [0, 0.1) is 11.8 Å². The molecule has 4 nitrogen and oxygen atoms in total. The van der Waals surface area contributed by atoms with Crippen LogP contribution in [0.3, 0.4) is 0 Å². The molecule has 4 heteroatoms. The molecule has 0 radical (unpaired) electrons. The van der Waals surface area contributed by atoms with Crippen molar-refractivity contribution in [1.29, 1.82) is 0 Å². The molecule has 1 heterocycles. The zero-order valence-electron chi connectivity index (χ0n) is 14.4. The number of anilines is 1. The van der Waals surface area contributed by atoms with Crippen LogP contribution in [0.1, 0.15) is 58.3 Å². The van der Waals surface area contributed by atoms with Gasteiger partial charge in [0.1, 0.15) is 6.29 Å². The average molecular weight is 329 g/mol. The molecule has 24 heavy (non-hydrogen) atoms. The van der Waals surface area contributed by atoms with Crippen LogP contribution < -0.4 is 4.90 Å². The summed E-state index contributed by atoms with van der Waals surface area (Å²) in [5, 5.41) is 0. The monoisotopic (exact) mass is 329 g/mol. The highest BCUT2D eigenvalue weighted by atomic mass is 16.2. The predicted molar refractivity (Wildman–Crippen MR) is 94.6 cm³/mol. The van der Waals surface area contributed by atoms with Gasteiger partial charge in [0, 0.05) is 12.3 Å². The van der Waals surface area contributed by atoms with Gasteiger partial charge >= 0.3 is 0 Å². The molecule has 1 saturated heterocycles. The molecular weight excluding hydrogens is 302 g/mol. The first kappa shape index (κ1) is 18.4. The standard InChI is InChI=1S/C20H27NO3/c1-2-3-4-5-6-8-11-16(15-22)18-14-19(23)21(20(18)24)17-12-9-7-10-13-17/h7,9-10,12-13,15-16,18H,2-6,8,11,14H2,1H3/t16?,18-/m1/s1. The van der Waals surface area contributed by atoms with Gasteiger partial charge in [-0.05, 0) is 18.6 Å². The van der Waals surface area contributed by atoms with E-state index < -0.39 is 5.92 Å². The highest BCUT2D eigenvalue weighted by Gasteiger charge is 2.43. The van der Waals surface area contributed by atoms with Gasteiger partial charge in [0.05, 0.1) is 11.6 Å². The third kappa shape index (κ3) is 4.53.